The average molecular weight is 247 g/mol. The first-order valence-electron chi connectivity index (χ1n) is 4.71. The number of carbonyl (C=O) groups is 1. The van der Waals surface area contributed by atoms with Gasteiger partial charge in [-0.2, -0.15) is 0 Å². The van der Waals surface area contributed by atoms with E-state index in [0.717, 1.165) is 16.5 Å². The molecule has 86 valence electrons. The molecular weight excluding hydrogens is 238 g/mol. The van der Waals surface area contributed by atoms with Gasteiger partial charge in [0, 0.05) is 39.8 Å². The number of hydrogen-bond acceptors (Lipinski definition) is 3. The molecule has 0 amide bonds. The van der Waals surface area contributed by atoms with Crippen molar-refractivity contribution in [3.05, 3.63) is 38.4 Å². The van der Waals surface area contributed by atoms with Crippen LogP contribution in [0.3, 0.4) is 0 Å². The minimum absolute atomic E-state index is 0.361. The fraction of sp³-hybridized carbons (Fsp3) is 0.182. The van der Waals surface area contributed by atoms with Gasteiger partial charge in [-0.05, 0) is 17.7 Å². The molecule has 5 nitrogen and oxygen atoms in total. The third-order valence-electron chi connectivity index (χ3n) is 1.64. The van der Waals surface area contributed by atoms with E-state index >= 15 is 0 Å². The summed E-state index contributed by atoms with van der Waals surface area (Å²) in [5, 5.41) is 13.7. The molecule has 1 heterocycles. The second kappa shape index (κ2) is 7.12. The van der Waals surface area contributed by atoms with E-state index in [0.29, 0.717) is 13.0 Å². The van der Waals surface area contributed by atoms with E-state index in [1.807, 2.05) is 11.4 Å². The summed E-state index contributed by atoms with van der Waals surface area (Å²) in [5.74, 6) is 4.80. The standard InChI is InChI=1S/C11H9N3O2S/c12-14-13-6-2-1-3-9-7-10(17-8-9)4-5-11(15)16/h4-5,7-8H,2,6H2,(H,15,16)/b5-4+. The van der Waals surface area contributed by atoms with Crippen LogP contribution in [0.15, 0.2) is 22.6 Å². The van der Waals surface area contributed by atoms with Gasteiger partial charge in [-0.25, -0.2) is 4.79 Å². The van der Waals surface area contributed by atoms with Crippen LogP contribution in [0.5, 0.6) is 0 Å². The number of azide groups is 1. The van der Waals surface area contributed by atoms with E-state index in [4.69, 9.17) is 10.6 Å². The lowest BCUT2D eigenvalue weighted by molar-refractivity contribution is -0.131. The number of nitrogens with zero attached hydrogens (tertiary/aromatic N) is 3. The van der Waals surface area contributed by atoms with E-state index in [-0.39, 0.29) is 0 Å². The zero-order chi connectivity index (χ0) is 12.5. The lowest BCUT2D eigenvalue weighted by Crippen LogP contribution is -1.84. The van der Waals surface area contributed by atoms with Crippen molar-refractivity contribution in [2.45, 2.75) is 6.42 Å². The largest absolute Gasteiger partial charge is 0.478 e. The quantitative estimate of drug-likeness (QED) is 0.221. The SMILES string of the molecule is [N-]=[N+]=NCCC#Cc1csc(/C=C/C(=O)O)c1. The van der Waals surface area contributed by atoms with Crippen LogP contribution in [0.25, 0.3) is 16.5 Å². The van der Waals surface area contributed by atoms with Crippen LogP contribution in [0.4, 0.5) is 0 Å². The molecule has 1 N–H and O–H groups in total. The molecule has 0 fully saturated rings. The Hall–Kier alpha value is -2.22. The number of aliphatic carboxylic acids is 1. The Kier molecular flexibility index (Phi) is 5.38. The molecule has 0 spiro atoms. The van der Waals surface area contributed by atoms with Gasteiger partial charge in [-0.3, -0.25) is 0 Å². The van der Waals surface area contributed by atoms with Crippen molar-refractivity contribution in [1.82, 2.24) is 0 Å². The predicted molar refractivity (Wildman–Crippen MR) is 66.5 cm³/mol. The molecule has 0 saturated carbocycles. The van der Waals surface area contributed by atoms with Crippen molar-refractivity contribution in [1.29, 1.82) is 0 Å². The monoisotopic (exact) mass is 247 g/mol. The van der Waals surface area contributed by atoms with Crippen LogP contribution >= 0.6 is 11.3 Å². The van der Waals surface area contributed by atoms with Crippen LogP contribution in [0, 0.1) is 11.8 Å². The Morgan fingerprint density at radius 2 is 2.53 bits per heavy atom. The summed E-state index contributed by atoms with van der Waals surface area (Å²) in [4.78, 5) is 13.8. The molecule has 1 aromatic rings. The molecule has 17 heavy (non-hydrogen) atoms. The highest BCUT2D eigenvalue weighted by atomic mass is 32.1. The van der Waals surface area contributed by atoms with Gasteiger partial charge in [0.1, 0.15) is 0 Å². The molecule has 0 saturated heterocycles. The smallest absolute Gasteiger partial charge is 0.328 e. The molecule has 6 heteroatoms. The number of rotatable bonds is 4. The minimum atomic E-state index is -0.972. The van der Waals surface area contributed by atoms with E-state index in [2.05, 4.69) is 21.9 Å². The van der Waals surface area contributed by atoms with Crippen molar-refractivity contribution in [3.63, 3.8) is 0 Å². The normalized spacial score (nSPS) is 9.41. The van der Waals surface area contributed by atoms with Gasteiger partial charge < -0.3 is 5.11 Å². The summed E-state index contributed by atoms with van der Waals surface area (Å²) in [7, 11) is 0. The van der Waals surface area contributed by atoms with Crippen LogP contribution in [0.1, 0.15) is 16.9 Å². The first-order chi connectivity index (χ1) is 8.22. The number of carboxylic acid groups (broad SMARTS) is 1. The van der Waals surface area contributed by atoms with Crippen LogP contribution in [-0.4, -0.2) is 17.6 Å². The maximum atomic E-state index is 10.3. The lowest BCUT2D eigenvalue weighted by atomic mass is 10.3. The van der Waals surface area contributed by atoms with Crippen molar-refractivity contribution < 1.29 is 9.90 Å². The first-order valence-corrected chi connectivity index (χ1v) is 5.59. The topological polar surface area (TPSA) is 86.1 Å². The number of carboxylic acids is 1. The van der Waals surface area contributed by atoms with Crippen molar-refractivity contribution in [2.75, 3.05) is 6.54 Å². The summed E-state index contributed by atoms with van der Waals surface area (Å²) in [6.45, 7) is 0.361. The Balaban J connectivity index is 2.56. The molecule has 0 atom stereocenters. The third kappa shape index (κ3) is 5.42. The van der Waals surface area contributed by atoms with Gasteiger partial charge in [0.2, 0.25) is 0 Å². The third-order valence-corrected chi connectivity index (χ3v) is 2.54. The Bertz CT molecular complexity index is 530. The fourth-order valence-electron chi connectivity index (χ4n) is 0.974. The second-order valence-electron chi connectivity index (χ2n) is 2.92. The zero-order valence-electron chi connectivity index (χ0n) is 8.83. The molecule has 1 aromatic heterocycles. The minimum Gasteiger partial charge on any atom is -0.478 e. The van der Waals surface area contributed by atoms with E-state index in [9.17, 15) is 4.79 Å². The Labute approximate surface area is 102 Å². The summed E-state index contributed by atoms with van der Waals surface area (Å²) in [6, 6.07) is 1.81. The summed E-state index contributed by atoms with van der Waals surface area (Å²) >= 11 is 1.43. The predicted octanol–water partition coefficient (Wildman–Crippen LogP) is 2.90. The molecule has 0 aliphatic carbocycles. The Morgan fingerprint density at radius 1 is 1.71 bits per heavy atom. The van der Waals surface area contributed by atoms with Crippen molar-refractivity contribution in [3.8, 4) is 11.8 Å². The van der Waals surface area contributed by atoms with Crippen LogP contribution in [0.2, 0.25) is 0 Å². The zero-order valence-corrected chi connectivity index (χ0v) is 9.65. The van der Waals surface area contributed by atoms with Crippen LogP contribution < -0.4 is 0 Å². The van der Waals surface area contributed by atoms with E-state index in [1.165, 1.54) is 17.4 Å². The maximum absolute atomic E-state index is 10.3. The highest BCUT2D eigenvalue weighted by molar-refractivity contribution is 7.11. The molecule has 0 aliphatic heterocycles. The van der Waals surface area contributed by atoms with Gasteiger partial charge in [0.15, 0.2) is 0 Å². The van der Waals surface area contributed by atoms with Gasteiger partial charge in [0.05, 0.1) is 0 Å². The molecule has 0 aliphatic rings. The van der Waals surface area contributed by atoms with E-state index < -0.39 is 5.97 Å². The molecule has 0 bridgehead atoms. The van der Waals surface area contributed by atoms with Gasteiger partial charge in [-0.1, -0.05) is 17.0 Å². The molecule has 0 unspecified atom stereocenters. The molecule has 0 radical (unpaired) electrons. The molecule has 1 rings (SSSR count). The fourth-order valence-corrected chi connectivity index (χ4v) is 1.71. The first kappa shape index (κ1) is 12.8. The molecule has 0 aromatic carbocycles. The summed E-state index contributed by atoms with van der Waals surface area (Å²) < 4.78 is 0. The van der Waals surface area contributed by atoms with Gasteiger partial charge >= 0.3 is 5.97 Å². The number of hydrogen-bond donors (Lipinski definition) is 1. The van der Waals surface area contributed by atoms with Gasteiger partial charge in [-0.15, -0.1) is 11.3 Å². The summed E-state index contributed by atoms with van der Waals surface area (Å²) in [5.41, 5.74) is 8.88. The van der Waals surface area contributed by atoms with Crippen molar-refractivity contribution in [2.24, 2.45) is 5.11 Å². The van der Waals surface area contributed by atoms with Gasteiger partial charge in [0.25, 0.3) is 0 Å². The average Bonchev–Trinajstić information content (AvgIpc) is 2.74. The number of thiophene rings is 1. The van der Waals surface area contributed by atoms with Crippen molar-refractivity contribution >= 4 is 23.4 Å². The van der Waals surface area contributed by atoms with E-state index in [1.54, 1.807) is 0 Å². The highest BCUT2D eigenvalue weighted by Gasteiger charge is 1.94. The maximum Gasteiger partial charge on any atom is 0.328 e. The highest BCUT2D eigenvalue weighted by Crippen LogP contribution is 2.15. The Morgan fingerprint density at radius 3 is 3.24 bits per heavy atom. The van der Waals surface area contributed by atoms with Crippen LogP contribution in [-0.2, 0) is 4.79 Å². The summed E-state index contributed by atoms with van der Waals surface area (Å²) in [6.07, 6.45) is 3.13. The lowest BCUT2D eigenvalue weighted by Gasteiger charge is -1.81. The second-order valence-corrected chi connectivity index (χ2v) is 3.86. The molecular formula is C11H9N3O2S.